The summed E-state index contributed by atoms with van der Waals surface area (Å²) in [5.74, 6) is 1.21. The maximum absolute atomic E-state index is 13.1. The Morgan fingerprint density at radius 3 is 2.58 bits per heavy atom. The molecule has 0 bridgehead atoms. The standard InChI is InChI=1S/C23H27Cl2N5O3/c1-16-21(25)22(29-9-11-33-12-10-29)27-30(16)14-20(31)28-7-5-23(15-26,6-8-28)17-3-4-18(24)19(13-17)32-2/h3-4,13H,5-12,14H2,1-2H3. The lowest BCUT2D eigenvalue weighted by molar-refractivity contribution is -0.133. The molecule has 2 aromatic rings. The molecule has 4 rings (SSSR count). The van der Waals surface area contributed by atoms with Gasteiger partial charge in [-0.3, -0.25) is 9.48 Å². The van der Waals surface area contributed by atoms with E-state index in [1.165, 1.54) is 0 Å². The van der Waals surface area contributed by atoms with Gasteiger partial charge in [-0.15, -0.1) is 0 Å². The molecule has 176 valence electrons. The van der Waals surface area contributed by atoms with Crippen molar-refractivity contribution in [1.82, 2.24) is 14.7 Å². The first-order valence-electron chi connectivity index (χ1n) is 11.0. The summed E-state index contributed by atoms with van der Waals surface area (Å²) < 4.78 is 12.4. The number of hydrogen-bond acceptors (Lipinski definition) is 6. The van der Waals surface area contributed by atoms with Crippen LogP contribution in [0, 0.1) is 18.3 Å². The van der Waals surface area contributed by atoms with Crippen LogP contribution in [-0.2, 0) is 21.5 Å². The van der Waals surface area contributed by atoms with Gasteiger partial charge in [0.15, 0.2) is 5.82 Å². The van der Waals surface area contributed by atoms with Crippen LogP contribution >= 0.6 is 23.2 Å². The molecule has 1 amide bonds. The van der Waals surface area contributed by atoms with E-state index in [2.05, 4.69) is 16.1 Å². The molecular weight excluding hydrogens is 465 g/mol. The average molecular weight is 492 g/mol. The predicted octanol–water partition coefficient (Wildman–Crippen LogP) is 3.43. The van der Waals surface area contributed by atoms with E-state index in [4.69, 9.17) is 32.7 Å². The third kappa shape index (κ3) is 4.63. The fraction of sp³-hybridized carbons (Fsp3) is 0.522. The van der Waals surface area contributed by atoms with Crippen LogP contribution in [-0.4, -0.2) is 67.1 Å². The van der Waals surface area contributed by atoms with Crippen LogP contribution in [0.1, 0.15) is 24.1 Å². The first kappa shape index (κ1) is 23.7. The Kier molecular flexibility index (Phi) is 7.03. The van der Waals surface area contributed by atoms with Gasteiger partial charge in [0.05, 0.1) is 42.5 Å². The van der Waals surface area contributed by atoms with Gasteiger partial charge in [0.25, 0.3) is 0 Å². The van der Waals surface area contributed by atoms with Gasteiger partial charge < -0.3 is 19.3 Å². The highest BCUT2D eigenvalue weighted by atomic mass is 35.5. The van der Waals surface area contributed by atoms with Crippen LogP contribution in [0.4, 0.5) is 5.82 Å². The molecule has 1 aromatic carbocycles. The Balaban J connectivity index is 1.44. The lowest BCUT2D eigenvalue weighted by Crippen LogP contribution is -2.45. The number of aromatic nitrogens is 2. The summed E-state index contributed by atoms with van der Waals surface area (Å²) >= 11 is 12.7. The molecule has 0 unspecified atom stereocenters. The van der Waals surface area contributed by atoms with Gasteiger partial charge in [0, 0.05) is 26.2 Å². The number of amides is 1. The van der Waals surface area contributed by atoms with Crippen LogP contribution in [0.3, 0.4) is 0 Å². The van der Waals surface area contributed by atoms with E-state index in [-0.39, 0.29) is 12.5 Å². The van der Waals surface area contributed by atoms with Gasteiger partial charge >= 0.3 is 0 Å². The van der Waals surface area contributed by atoms with Crippen LogP contribution in [0.25, 0.3) is 0 Å². The Morgan fingerprint density at radius 2 is 1.94 bits per heavy atom. The number of ether oxygens (including phenoxy) is 2. The highest BCUT2D eigenvalue weighted by Gasteiger charge is 2.38. The van der Waals surface area contributed by atoms with Crippen molar-refractivity contribution in [2.24, 2.45) is 0 Å². The Hall–Kier alpha value is -2.47. The van der Waals surface area contributed by atoms with Gasteiger partial charge in [-0.2, -0.15) is 10.4 Å². The monoisotopic (exact) mass is 491 g/mol. The number of methoxy groups -OCH3 is 1. The topological polar surface area (TPSA) is 83.6 Å². The molecule has 0 saturated carbocycles. The number of likely N-dealkylation sites (tertiary alicyclic amines) is 1. The quantitative estimate of drug-likeness (QED) is 0.636. The highest BCUT2D eigenvalue weighted by molar-refractivity contribution is 6.33. The zero-order chi connectivity index (χ0) is 23.6. The van der Waals surface area contributed by atoms with Crippen LogP contribution in [0.15, 0.2) is 18.2 Å². The Bertz CT molecular complexity index is 1070. The average Bonchev–Trinajstić information content (AvgIpc) is 3.13. The Morgan fingerprint density at radius 1 is 1.24 bits per heavy atom. The second-order valence-electron chi connectivity index (χ2n) is 8.40. The number of piperidine rings is 1. The summed E-state index contributed by atoms with van der Waals surface area (Å²) in [6.07, 6.45) is 1.08. The van der Waals surface area contributed by atoms with Crippen LogP contribution < -0.4 is 9.64 Å². The summed E-state index contributed by atoms with van der Waals surface area (Å²) in [7, 11) is 1.55. The molecule has 0 N–H and O–H groups in total. The molecular formula is C23H27Cl2N5O3. The lowest BCUT2D eigenvalue weighted by atomic mass is 9.74. The largest absolute Gasteiger partial charge is 0.495 e. The number of morpholine rings is 1. The van der Waals surface area contributed by atoms with Crippen molar-refractivity contribution < 1.29 is 14.3 Å². The minimum Gasteiger partial charge on any atom is -0.495 e. The second-order valence-corrected chi connectivity index (χ2v) is 9.19. The molecule has 0 atom stereocenters. The van der Waals surface area contributed by atoms with Crippen LogP contribution in [0.2, 0.25) is 10.0 Å². The van der Waals surface area contributed by atoms with E-state index < -0.39 is 5.41 Å². The number of anilines is 1. The van der Waals surface area contributed by atoms with Crippen molar-refractivity contribution >= 4 is 34.9 Å². The van der Waals surface area contributed by atoms with Crippen molar-refractivity contribution in [2.45, 2.75) is 31.7 Å². The number of nitriles is 1. The maximum atomic E-state index is 13.1. The molecule has 10 heteroatoms. The van der Waals surface area contributed by atoms with Gasteiger partial charge in [-0.05, 0) is 37.5 Å². The zero-order valence-electron chi connectivity index (χ0n) is 18.8. The highest BCUT2D eigenvalue weighted by Crippen LogP contribution is 2.38. The fourth-order valence-corrected chi connectivity index (χ4v) is 4.88. The van der Waals surface area contributed by atoms with Crippen molar-refractivity contribution in [3.63, 3.8) is 0 Å². The van der Waals surface area contributed by atoms with E-state index in [9.17, 15) is 10.1 Å². The summed E-state index contributed by atoms with van der Waals surface area (Å²) in [6, 6.07) is 7.93. The number of rotatable bonds is 5. The SMILES string of the molecule is COc1cc(C2(C#N)CCN(C(=O)Cn3nc(N4CCOCC4)c(Cl)c3C)CC2)ccc1Cl. The van der Waals surface area contributed by atoms with Crippen molar-refractivity contribution in [3.05, 3.63) is 39.5 Å². The molecule has 2 aliphatic heterocycles. The summed E-state index contributed by atoms with van der Waals surface area (Å²) in [5, 5.41) is 15.7. The predicted molar refractivity (Wildman–Crippen MR) is 126 cm³/mol. The van der Waals surface area contributed by atoms with Gasteiger partial charge in [0.1, 0.15) is 17.3 Å². The van der Waals surface area contributed by atoms with Crippen LogP contribution in [0.5, 0.6) is 5.75 Å². The molecule has 2 aliphatic rings. The van der Waals surface area contributed by atoms with E-state index in [0.29, 0.717) is 60.8 Å². The van der Waals surface area contributed by atoms with Crippen molar-refractivity contribution in [2.75, 3.05) is 51.4 Å². The third-order valence-electron chi connectivity index (χ3n) is 6.60. The molecule has 3 heterocycles. The molecule has 0 spiro atoms. The number of halogens is 2. The minimum absolute atomic E-state index is 0.0361. The number of carbonyl (C=O) groups is 1. The van der Waals surface area contributed by atoms with Gasteiger partial charge in [0.2, 0.25) is 5.91 Å². The van der Waals surface area contributed by atoms with E-state index >= 15 is 0 Å². The minimum atomic E-state index is -0.678. The zero-order valence-corrected chi connectivity index (χ0v) is 20.3. The second kappa shape index (κ2) is 9.80. The molecule has 0 radical (unpaired) electrons. The number of hydrogen-bond donors (Lipinski definition) is 0. The third-order valence-corrected chi connectivity index (χ3v) is 7.35. The molecule has 0 aliphatic carbocycles. The summed E-state index contributed by atoms with van der Waals surface area (Å²) in [6.45, 7) is 5.68. The van der Waals surface area contributed by atoms with Gasteiger partial charge in [-0.1, -0.05) is 29.3 Å². The van der Waals surface area contributed by atoms with E-state index in [0.717, 1.165) is 24.3 Å². The molecule has 1 aromatic heterocycles. The van der Waals surface area contributed by atoms with Gasteiger partial charge in [-0.25, -0.2) is 0 Å². The fourth-order valence-electron chi connectivity index (χ4n) is 4.43. The molecule has 2 saturated heterocycles. The normalized spacial score (nSPS) is 18.2. The molecule has 33 heavy (non-hydrogen) atoms. The molecule has 2 fully saturated rings. The number of benzene rings is 1. The lowest BCUT2D eigenvalue weighted by Gasteiger charge is -2.37. The smallest absolute Gasteiger partial charge is 0.244 e. The Labute approximate surface area is 203 Å². The first-order chi connectivity index (χ1) is 15.9. The van der Waals surface area contributed by atoms with E-state index in [1.54, 1.807) is 22.8 Å². The number of carbonyl (C=O) groups excluding carboxylic acids is 1. The first-order valence-corrected chi connectivity index (χ1v) is 11.7. The maximum Gasteiger partial charge on any atom is 0.244 e. The van der Waals surface area contributed by atoms with Crippen molar-refractivity contribution in [1.29, 1.82) is 5.26 Å². The molecule has 8 nitrogen and oxygen atoms in total. The number of nitrogens with zero attached hydrogens (tertiary/aromatic N) is 5. The van der Waals surface area contributed by atoms with Crippen molar-refractivity contribution in [3.8, 4) is 11.8 Å². The summed E-state index contributed by atoms with van der Waals surface area (Å²) in [5.41, 5.74) is 0.953. The van der Waals surface area contributed by atoms with E-state index in [1.807, 2.05) is 19.1 Å². The summed E-state index contributed by atoms with van der Waals surface area (Å²) in [4.78, 5) is 16.9.